The molecule has 2 saturated heterocycles. The molecule has 0 aliphatic carbocycles. The van der Waals surface area contributed by atoms with Crippen molar-refractivity contribution in [3.05, 3.63) is 0 Å². The molecule has 0 bridgehead atoms. The van der Waals surface area contributed by atoms with Crippen molar-refractivity contribution < 1.29 is 23.9 Å². The Morgan fingerprint density at radius 1 is 1.53 bits per heavy atom. The van der Waals surface area contributed by atoms with Gasteiger partial charge in [-0.25, -0.2) is 9.18 Å². The van der Waals surface area contributed by atoms with Gasteiger partial charge in [0.15, 0.2) is 0 Å². The number of rotatable bonds is 3. The van der Waals surface area contributed by atoms with Crippen molar-refractivity contribution in [2.45, 2.75) is 25.4 Å². The fraction of sp³-hybridized carbons (Fsp3) is 0.750. The number of carbonyl (C=O) groups excluding carboxylic acids is 2. The van der Waals surface area contributed by atoms with Gasteiger partial charge in [-0.05, 0) is 6.92 Å². The lowest BCUT2D eigenvalue weighted by Gasteiger charge is -2.21. The summed E-state index contributed by atoms with van der Waals surface area (Å²) in [6.45, 7) is 2.40. The highest BCUT2D eigenvalue weighted by molar-refractivity contribution is 5.90. The Hall–Kier alpha value is -1.66. The van der Waals surface area contributed by atoms with Gasteiger partial charge in [-0.15, -0.1) is 0 Å². The molecule has 2 aliphatic rings. The zero-order valence-corrected chi connectivity index (χ0v) is 10.8. The van der Waals surface area contributed by atoms with E-state index in [2.05, 4.69) is 0 Å². The third-order valence-electron chi connectivity index (χ3n) is 3.86. The minimum Gasteiger partial charge on any atom is -0.479 e. The third kappa shape index (κ3) is 2.41. The first kappa shape index (κ1) is 13.8. The van der Waals surface area contributed by atoms with Crippen LogP contribution < -0.4 is 0 Å². The number of nitrogens with zero attached hydrogens (tertiary/aromatic N) is 2. The zero-order valence-electron chi connectivity index (χ0n) is 10.8. The first-order valence-electron chi connectivity index (χ1n) is 6.36. The van der Waals surface area contributed by atoms with E-state index in [1.165, 1.54) is 4.90 Å². The largest absolute Gasteiger partial charge is 0.479 e. The summed E-state index contributed by atoms with van der Waals surface area (Å²) in [4.78, 5) is 37.3. The first-order chi connectivity index (χ1) is 8.87. The lowest BCUT2D eigenvalue weighted by Crippen LogP contribution is -2.41. The van der Waals surface area contributed by atoms with E-state index in [1.807, 2.05) is 6.92 Å². The highest BCUT2D eigenvalue weighted by Crippen LogP contribution is 2.29. The average Bonchev–Trinajstić information content (AvgIpc) is 2.93. The van der Waals surface area contributed by atoms with E-state index in [-0.39, 0.29) is 31.2 Å². The van der Waals surface area contributed by atoms with Crippen LogP contribution in [0.3, 0.4) is 0 Å². The van der Waals surface area contributed by atoms with Gasteiger partial charge in [-0.1, -0.05) is 0 Å². The average molecular weight is 272 g/mol. The Balaban J connectivity index is 1.99. The Morgan fingerprint density at radius 3 is 2.68 bits per heavy atom. The smallest absolute Gasteiger partial charge is 0.343 e. The number of carbonyl (C=O) groups is 3. The minimum absolute atomic E-state index is 0.0789. The van der Waals surface area contributed by atoms with Gasteiger partial charge in [0.05, 0.1) is 12.5 Å². The molecule has 2 heterocycles. The molecule has 2 aliphatic heterocycles. The maximum absolute atomic E-state index is 13.9. The van der Waals surface area contributed by atoms with Crippen molar-refractivity contribution in [1.29, 1.82) is 0 Å². The van der Waals surface area contributed by atoms with E-state index < -0.39 is 24.1 Å². The van der Waals surface area contributed by atoms with Crippen LogP contribution in [0.1, 0.15) is 19.8 Å². The van der Waals surface area contributed by atoms with Crippen molar-refractivity contribution in [3.8, 4) is 0 Å². The van der Waals surface area contributed by atoms with Crippen LogP contribution >= 0.6 is 0 Å². The molecule has 106 valence electrons. The number of alkyl halides is 1. The second-order valence-corrected chi connectivity index (χ2v) is 5.11. The molecule has 1 N–H and O–H groups in total. The number of amides is 2. The second kappa shape index (κ2) is 4.79. The predicted molar refractivity (Wildman–Crippen MR) is 63.0 cm³/mol. The molecule has 0 aromatic rings. The molecule has 7 heteroatoms. The molecule has 6 nitrogen and oxygen atoms in total. The van der Waals surface area contributed by atoms with Crippen LogP contribution in [0.4, 0.5) is 4.39 Å². The van der Waals surface area contributed by atoms with Crippen molar-refractivity contribution >= 4 is 17.8 Å². The summed E-state index contributed by atoms with van der Waals surface area (Å²) in [5.74, 6) is -2.39. The summed E-state index contributed by atoms with van der Waals surface area (Å²) in [6.07, 6.45) is -0.0538. The van der Waals surface area contributed by atoms with Crippen LogP contribution in [0.2, 0.25) is 0 Å². The molecular formula is C12H17FN2O4. The van der Waals surface area contributed by atoms with Gasteiger partial charge in [-0.2, -0.15) is 0 Å². The number of aliphatic carboxylic acids is 1. The summed E-state index contributed by atoms with van der Waals surface area (Å²) < 4.78 is 13.9. The van der Waals surface area contributed by atoms with Gasteiger partial charge in [-0.3, -0.25) is 9.59 Å². The predicted octanol–water partition coefficient (Wildman–Crippen LogP) is -0.120. The molecule has 0 radical (unpaired) electrons. The number of carboxylic acids is 1. The highest BCUT2D eigenvalue weighted by atomic mass is 19.1. The summed E-state index contributed by atoms with van der Waals surface area (Å²) >= 11 is 0. The number of halogens is 1. The van der Waals surface area contributed by atoms with E-state index in [4.69, 9.17) is 5.11 Å². The van der Waals surface area contributed by atoms with Crippen LogP contribution in [0.25, 0.3) is 0 Å². The van der Waals surface area contributed by atoms with Gasteiger partial charge < -0.3 is 14.9 Å². The molecule has 0 spiro atoms. The minimum atomic E-state index is -2.34. The van der Waals surface area contributed by atoms with E-state index in [9.17, 15) is 18.8 Å². The van der Waals surface area contributed by atoms with E-state index in [0.29, 0.717) is 13.1 Å². The van der Waals surface area contributed by atoms with Gasteiger partial charge >= 0.3 is 5.97 Å². The van der Waals surface area contributed by atoms with Crippen molar-refractivity contribution in [2.75, 3.05) is 26.2 Å². The van der Waals surface area contributed by atoms with E-state index >= 15 is 0 Å². The normalized spacial score (nSPS) is 31.1. The van der Waals surface area contributed by atoms with Gasteiger partial charge in [0, 0.05) is 32.5 Å². The Kier molecular flexibility index (Phi) is 3.47. The van der Waals surface area contributed by atoms with Crippen molar-refractivity contribution in [2.24, 2.45) is 5.92 Å². The molecule has 0 aromatic heterocycles. The maximum Gasteiger partial charge on any atom is 0.343 e. The van der Waals surface area contributed by atoms with Crippen molar-refractivity contribution in [3.63, 3.8) is 0 Å². The third-order valence-corrected chi connectivity index (χ3v) is 3.86. The van der Waals surface area contributed by atoms with Crippen molar-refractivity contribution in [1.82, 2.24) is 9.80 Å². The fourth-order valence-corrected chi connectivity index (χ4v) is 2.64. The van der Waals surface area contributed by atoms with Gasteiger partial charge in [0.1, 0.15) is 0 Å². The van der Waals surface area contributed by atoms with Crippen LogP contribution in [0.15, 0.2) is 0 Å². The lowest BCUT2D eigenvalue weighted by molar-refractivity contribution is -0.150. The molecule has 2 amide bonds. The number of hydrogen-bond acceptors (Lipinski definition) is 3. The first-order valence-corrected chi connectivity index (χ1v) is 6.36. The summed E-state index contributed by atoms with van der Waals surface area (Å²) in [5, 5.41) is 8.78. The fourth-order valence-electron chi connectivity index (χ4n) is 2.64. The Labute approximate surface area is 110 Å². The topological polar surface area (TPSA) is 77.9 Å². The highest BCUT2D eigenvalue weighted by Gasteiger charge is 2.48. The second-order valence-electron chi connectivity index (χ2n) is 5.11. The summed E-state index contributed by atoms with van der Waals surface area (Å²) in [6, 6.07) is 0. The SMILES string of the molecule is CCN1CC(C(=O)N2CCC(F)(C(=O)O)C2)CC1=O. The Morgan fingerprint density at radius 2 is 2.21 bits per heavy atom. The van der Waals surface area contributed by atoms with E-state index in [0.717, 1.165) is 0 Å². The zero-order chi connectivity index (χ0) is 14.2. The molecule has 2 unspecified atom stereocenters. The molecule has 0 aromatic carbocycles. The standard InChI is InChI=1S/C12H17FN2O4/c1-2-14-6-8(5-9(14)16)10(17)15-4-3-12(13,7-15)11(18)19/h8H,2-7H2,1H3,(H,18,19). The quantitative estimate of drug-likeness (QED) is 0.777. The lowest BCUT2D eigenvalue weighted by atomic mass is 10.1. The monoisotopic (exact) mass is 272 g/mol. The molecule has 2 atom stereocenters. The molecule has 2 rings (SSSR count). The number of carboxylic acid groups (broad SMARTS) is 1. The number of hydrogen-bond donors (Lipinski definition) is 1. The van der Waals surface area contributed by atoms with Gasteiger partial charge in [0.25, 0.3) is 0 Å². The summed E-state index contributed by atoms with van der Waals surface area (Å²) in [5.41, 5.74) is -2.34. The number of likely N-dealkylation sites (tertiary alicyclic amines) is 2. The molecule has 0 saturated carbocycles. The van der Waals surface area contributed by atoms with Crippen LogP contribution in [-0.2, 0) is 14.4 Å². The van der Waals surface area contributed by atoms with Crippen LogP contribution in [-0.4, -0.2) is 64.5 Å². The molecule has 2 fully saturated rings. The van der Waals surface area contributed by atoms with Gasteiger partial charge in [0.2, 0.25) is 17.5 Å². The van der Waals surface area contributed by atoms with Crippen LogP contribution in [0.5, 0.6) is 0 Å². The Bertz CT molecular complexity index is 428. The summed E-state index contributed by atoms with van der Waals surface area (Å²) in [7, 11) is 0. The molecular weight excluding hydrogens is 255 g/mol. The molecule has 19 heavy (non-hydrogen) atoms. The maximum atomic E-state index is 13.9. The van der Waals surface area contributed by atoms with Crippen LogP contribution in [0, 0.1) is 5.92 Å². The van der Waals surface area contributed by atoms with E-state index in [1.54, 1.807) is 4.90 Å².